The maximum absolute atomic E-state index is 13.2. The first-order valence-corrected chi connectivity index (χ1v) is 11.0. The summed E-state index contributed by atoms with van der Waals surface area (Å²) in [6, 6.07) is 7.68. The summed E-state index contributed by atoms with van der Waals surface area (Å²) in [7, 11) is 0. The van der Waals surface area contributed by atoms with E-state index in [2.05, 4.69) is 57.1 Å². The number of nitrogens with one attached hydrogen (secondary N) is 3. The lowest BCUT2D eigenvalue weighted by Gasteiger charge is -2.25. The lowest BCUT2D eigenvalue weighted by Crippen LogP contribution is -2.49. The third-order valence-electron chi connectivity index (χ3n) is 5.90. The predicted molar refractivity (Wildman–Crippen MR) is 116 cm³/mol. The Morgan fingerprint density at radius 1 is 1.17 bits per heavy atom. The summed E-state index contributed by atoms with van der Waals surface area (Å²) in [6.07, 6.45) is 7.00. The van der Waals surface area contributed by atoms with Gasteiger partial charge in [-0.05, 0) is 47.4 Å². The molecule has 0 bridgehead atoms. The number of rotatable bonds is 3. The van der Waals surface area contributed by atoms with Crippen molar-refractivity contribution in [3.63, 3.8) is 0 Å². The highest BCUT2D eigenvalue weighted by atomic mass is 16.2. The van der Waals surface area contributed by atoms with Crippen LogP contribution in [0, 0.1) is 5.92 Å². The monoisotopic (exact) mass is 409 g/mol. The first-order valence-electron chi connectivity index (χ1n) is 11.0. The Morgan fingerprint density at radius 3 is 2.87 bits per heavy atom. The van der Waals surface area contributed by atoms with Crippen LogP contribution in [0.25, 0.3) is 10.9 Å². The number of carbonyl (C=O) groups excluding carboxylic acids is 1. The largest absolute Gasteiger partial charge is 0.361 e. The van der Waals surface area contributed by atoms with Crippen LogP contribution in [0.1, 0.15) is 57.0 Å². The molecule has 2 atom stereocenters. The van der Waals surface area contributed by atoms with E-state index >= 15 is 0 Å². The number of fused-ring (bicyclic) bond motifs is 2. The van der Waals surface area contributed by atoms with Crippen LogP contribution in [0.3, 0.4) is 0 Å². The molecule has 0 saturated carbocycles. The van der Waals surface area contributed by atoms with E-state index in [9.17, 15) is 4.79 Å². The molecule has 30 heavy (non-hydrogen) atoms. The minimum atomic E-state index is -0.296. The molecule has 3 N–H and O–H groups in total. The maximum atomic E-state index is 13.2. The number of amides is 1. The van der Waals surface area contributed by atoms with Gasteiger partial charge in [0.15, 0.2) is 5.82 Å². The van der Waals surface area contributed by atoms with Crippen molar-refractivity contribution in [2.75, 3.05) is 6.54 Å². The molecule has 160 valence electrons. The fourth-order valence-corrected chi connectivity index (χ4v) is 4.24. The number of aromatic amines is 1. The number of nitrogens with zero attached hydrogens (tertiary/aromatic N) is 4. The molecular formula is C22H31N7O. The number of carbonyl (C=O) groups is 1. The highest BCUT2D eigenvalue weighted by Crippen LogP contribution is 2.24. The summed E-state index contributed by atoms with van der Waals surface area (Å²) in [6.45, 7) is 5.78. The molecule has 1 amide bonds. The topological polar surface area (TPSA) is 101 Å². The normalized spacial score (nSPS) is 21.5. The molecular weight excluding hydrogens is 378 g/mol. The van der Waals surface area contributed by atoms with Gasteiger partial charge >= 0.3 is 0 Å². The van der Waals surface area contributed by atoms with Gasteiger partial charge in [0.1, 0.15) is 0 Å². The first-order chi connectivity index (χ1) is 14.6. The Bertz CT molecular complexity index is 977. The standard InChI is InChI=1S/C22H31N7O/c1-15(2)20-22(30)25-19(13-16-14-24-18-10-6-5-9-17(16)18)21-26-27-28-29(21)12-8-4-3-7-11-23-20/h5-6,9-10,14-15,19-20,23-24H,3-4,7-8,11-13H2,1-2H3,(H,25,30)/t19-,20-/m0/s1. The summed E-state index contributed by atoms with van der Waals surface area (Å²) < 4.78 is 1.86. The molecule has 3 heterocycles. The molecule has 4 rings (SSSR count). The Labute approximate surface area is 176 Å². The summed E-state index contributed by atoms with van der Waals surface area (Å²) in [5, 5.41) is 20.3. The minimum Gasteiger partial charge on any atom is -0.361 e. The lowest BCUT2D eigenvalue weighted by molar-refractivity contribution is -0.125. The summed E-state index contributed by atoms with van der Waals surface area (Å²) in [5.74, 6) is 0.916. The summed E-state index contributed by atoms with van der Waals surface area (Å²) in [5.41, 5.74) is 2.23. The zero-order valence-corrected chi connectivity index (χ0v) is 17.8. The molecule has 1 aromatic carbocycles. The summed E-state index contributed by atoms with van der Waals surface area (Å²) >= 11 is 0. The van der Waals surface area contributed by atoms with E-state index in [0.29, 0.717) is 6.42 Å². The van der Waals surface area contributed by atoms with E-state index < -0.39 is 0 Å². The van der Waals surface area contributed by atoms with Gasteiger partial charge in [0, 0.05) is 30.1 Å². The highest BCUT2D eigenvalue weighted by molar-refractivity contribution is 5.84. The van der Waals surface area contributed by atoms with E-state index in [1.807, 2.05) is 23.0 Å². The van der Waals surface area contributed by atoms with Gasteiger partial charge in [0.25, 0.3) is 0 Å². The maximum Gasteiger partial charge on any atom is 0.238 e. The Hall–Kier alpha value is -2.74. The average molecular weight is 410 g/mol. The molecule has 1 aliphatic rings. The van der Waals surface area contributed by atoms with Crippen molar-refractivity contribution >= 4 is 16.8 Å². The van der Waals surface area contributed by atoms with E-state index in [4.69, 9.17) is 0 Å². The van der Waals surface area contributed by atoms with Crippen LogP contribution in [0.5, 0.6) is 0 Å². The van der Waals surface area contributed by atoms with Crippen LogP contribution in [-0.2, 0) is 17.8 Å². The Morgan fingerprint density at radius 2 is 2.00 bits per heavy atom. The van der Waals surface area contributed by atoms with Gasteiger partial charge in [-0.1, -0.05) is 44.9 Å². The second-order valence-electron chi connectivity index (χ2n) is 8.48. The number of tetrazole rings is 1. The van der Waals surface area contributed by atoms with Crippen molar-refractivity contribution in [2.45, 2.75) is 64.6 Å². The molecule has 0 radical (unpaired) electrons. The number of H-pyrrole nitrogens is 1. The Balaban J connectivity index is 1.66. The number of benzene rings is 1. The van der Waals surface area contributed by atoms with E-state index in [1.54, 1.807) is 0 Å². The van der Waals surface area contributed by atoms with Crippen molar-refractivity contribution in [3.05, 3.63) is 41.9 Å². The van der Waals surface area contributed by atoms with Crippen molar-refractivity contribution < 1.29 is 4.79 Å². The molecule has 2 aromatic heterocycles. The fourth-order valence-electron chi connectivity index (χ4n) is 4.24. The zero-order chi connectivity index (χ0) is 20.9. The molecule has 8 nitrogen and oxygen atoms in total. The SMILES string of the molecule is CC(C)[C@@H]1NCCCCCCn2nnnc2[C@H](Cc2c[nH]c3ccccc23)NC1=O. The number of para-hydroxylation sites is 1. The van der Waals surface area contributed by atoms with Gasteiger partial charge in [-0.15, -0.1) is 5.10 Å². The quantitative estimate of drug-likeness (QED) is 0.618. The van der Waals surface area contributed by atoms with Gasteiger partial charge in [-0.2, -0.15) is 0 Å². The third kappa shape index (κ3) is 4.53. The van der Waals surface area contributed by atoms with Crippen molar-refractivity contribution in [2.24, 2.45) is 5.92 Å². The third-order valence-corrected chi connectivity index (χ3v) is 5.90. The molecule has 0 unspecified atom stereocenters. The van der Waals surface area contributed by atoms with Crippen molar-refractivity contribution in [1.82, 2.24) is 35.8 Å². The van der Waals surface area contributed by atoms with Crippen LogP contribution < -0.4 is 10.6 Å². The van der Waals surface area contributed by atoms with Crippen LogP contribution >= 0.6 is 0 Å². The second-order valence-corrected chi connectivity index (χ2v) is 8.48. The lowest BCUT2D eigenvalue weighted by atomic mass is 10.0. The molecule has 0 aliphatic carbocycles. The predicted octanol–water partition coefficient (Wildman–Crippen LogP) is 2.74. The molecule has 0 spiro atoms. The molecule has 3 aromatic rings. The van der Waals surface area contributed by atoms with E-state index in [0.717, 1.165) is 61.1 Å². The highest BCUT2D eigenvalue weighted by Gasteiger charge is 2.28. The van der Waals surface area contributed by atoms with Crippen LogP contribution in [0.15, 0.2) is 30.5 Å². The van der Waals surface area contributed by atoms with E-state index in [-0.39, 0.29) is 23.9 Å². The van der Waals surface area contributed by atoms with Gasteiger partial charge in [-0.25, -0.2) is 4.68 Å². The number of hydrogen-bond donors (Lipinski definition) is 3. The molecule has 8 heteroatoms. The van der Waals surface area contributed by atoms with Gasteiger partial charge in [-0.3, -0.25) is 4.79 Å². The van der Waals surface area contributed by atoms with Crippen LogP contribution in [-0.4, -0.2) is 43.7 Å². The smallest absolute Gasteiger partial charge is 0.238 e. The minimum absolute atomic E-state index is 0.00337. The van der Waals surface area contributed by atoms with Gasteiger partial charge in [0.05, 0.1) is 12.1 Å². The fraction of sp³-hybridized carbons (Fsp3) is 0.545. The average Bonchev–Trinajstić information content (AvgIpc) is 3.36. The second kappa shape index (κ2) is 9.38. The van der Waals surface area contributed by atoms with Crippen LogP contribution in [0.4, 0.5) is 0 Å². The molecule has 0 fully saturated rings. The zero-order valence-electron chi connectivity index (χ0n) is 17.8. The van der Waals surface area contributed by atoms with Crippen molar-refractivity contribution in [1.29, 1.82) is 0 Å². The Kier molecular flexibility index (Phi) is 6.42. The van der Waals surface area contributed by atoms with Gasteiger partial charge < -0.3 is 15.6 Å². The molecule has 1 aliphatic heterocycles. The molecule has 0 saturated heterocycles. The summed E-state index contributed by atoms with van der Waals surface area (Å²) in [4.78, 5) is 16.6. The van der Waals surface area contributed by atoms with Crippen LogP contribution in [0.2, 0.25) is 0 Å². The van der Waals surface area contributed by atoms with E-state index in [1.165, 1.54) is 0 Å². The number of aromatic nitrogens is 5. The first kappa shape index (κ1) is 20.5. The van der Waals surface area contributed by atoms with Crippen molar-refractivity contribution in [3.8, 4) is 0 Å². The van der Waals surface area contributed by atoms with Gasteiger partial charge in [0.2, 0.25) is 5.91 Å². The number of hydrogen-bond acceptors (Lipinski definition) is 5. The number of aryl methyl sites for hydroxylation is 1.